The lowest BCUT2D eigenvalue weighted by Gasteiger charge is -1.95. The normalized spacial score (nSPS) is 11.5. The third-order valence-corrected chi connectivity index (χ3v) is 3.21. The van der Waals surface area contributed by atoms with Gasteiger partial charge in [-0.2, -0.15) is 0 Å². The summed E-state index contributed by atoms with van der Waals surface area (Å²) in [6.07, 6.45) is 3.86. The molecule has 0 saturated heterocycles. The summed E-state index contributed by atoms with van der Waals surface area (Å²) in [5, 5.41) is 0. The Labute approximate surface area is 117 Å². The highest BCUT2D eigenvalue weighted by molar-refractivity contribution is 5.82. The van der Waals surface area contributed by atoms with Gasteiger partial charge in [-0.05, 0) is 43.2 Å². The van der Waals surface area contributed by atoms with E-state index < -0.39 is 0 Å². The molecule has 100 valence electrons. The van der Waals surface area contributed by atoms with E-state index in [1.807, 2.05) is 31.2 Å². The van der Waals surface area contributed by atoms with Crippen LogP contribution < -0.4 is 5.73 Å². The van der Waals surface area contributed by atoms with Crippen molar-refractivity contribution in [2.24, 2.45) is 0 Å². The Morgan fingerprint density at radius 3 is 2.55 bits per heavy atom. The van der Waals surface area contributed by atoms with Crippen LogP contribution in [0.25, 0.3) is 23.3 Å². The molecule has 2 N–H and O–H groups in total. The molecule has 3 aromatic rings. The number of aromatic nitrogens is 1. The Morgan fingerprint density at radius 1 is 1.05 bits per heavy atom. The van der Waals surface area contributed by atoms with E-state index in [1.54, 1.807) is 0 Å². The van der Waals surface area contributed by atoms with Crippen molar-refractivity contribution in [3.63, 3.8) is 0 Å². The fraction of sp³-hybridized carbons (Fsp3) is 0.118. The van der Waals surface area contributed by atoms with Crippen LogP contribution >= 0.6 is 0 Å². The molecule has 1 heterocycles. The number of hydrogen-bond acceptors (Lipinski definition) is 3. The van der Waals surface area contributed by atoms with E-state index in [1.165, 1.54) is 5.56 Å². The van der Waals surface area contributed by atoms with E-state index in [9.17, 15) is 0 Å². The Morgan fingerprint density at radius 2 is 1.80 bits per heavy atom. The molecule has 1 aromatic heterocycles. The lowest BCUT2D eigenvalue weighted by atomic mass is 10.1. The Balaban J connectivity index is 1.95. The van der Waals surface area contributed by atoms with Gasteiger partial charge in [-0.25, -0.2) is 4.98 Å². The first kappa shape index (κ1) is 12.5. The summed E-state index contributed by atoms with van der Waals surface area (Å²) in [5.74, 6) is 0.592. The maximum absolute atomic E-state index is 5.81. The topological polar surface area (TPSA) is 52.0 Å². The molecule has 3 nitrogen and oxygen atoms in total. The molecule has 0 aliphatic rings. The van der Waals surface area contributed by atoms with Crippen LogP contribution in [0.4, 0.5) is 5.69 Å². The zero-order valence-electron chi connectivity index (χ0n) is 11.6. The van der Waals surface area contributed by atoms with Gasteiger partial charge in [0.1, 0.15) is 5.52 Å². The van der Waals surface area contributed by atoms with E-state index in [2.05, 4.69) is 36.2 Å². The molecule has 0 unspecified atom stereocenters. The molecule has 0 bridgehead atoms. The second kappa shape index (κ2) is 4.85. The van der Waals surface area contributed by atoms with Crippen LogP contribution in [0.1, 0.15) is 22.6 Å². The van der Waals surface area contributed by atoms with Gasteiger partial charge in [0.15, 0.2) is 5.58 Å². The third kappa shape index (κ3) is 2.43. The molecule has 0 amide bonds. The fourth-order valence-electron chi connectivity index (χ4n) is 2.16. The highest BCUT2D eigenvalue weighted by atomic mass is 16.3. The number of nitrogen functional groups attached to an aromatic ring is 1. The van der Waals surface area contributed by atoms with Gasteiger partial charge in [0.25, 0.3) is 0 Å². The van der Waals surface area contributed by atoms with Gasteiger partial charge in [0, 0.05) is 11.8 Å². The van der Waals surface area contributed by atoms with Crippen molar-refractivity contribution in [2.75, 3.05) is 5.73 Å². The summed E-state index contributed by atoms with van der Waals surface area (Å²) in [4.78, 5) is 4.43. The van der Waals surface area contributed by atoms with Crippen LogP contribution in [0.15, 0.2) is 40.8 Å². The van der Waals surface area contributed by atoms with Gasteiger partial charge >= 0.3 is 0 Å². The van der Waals surface area contributed by atoms with E-state index >= 15 is 0 Å². The number of nitrogens with two attached hydrogens (primary N) is 1. The minimum atomic E-state index is 0.592. The van der Waals surface area contributed by atoms with Gasteiger partial charge in [-0.3, -0.25) is 0 Å². The van der Waals surface area contributed by atoms with Gasteiger partial charge in [-0.1, -0.05) is 29.8 Å². The van der Waals surface area contributed by atoms with Gasteiger partial charge in [-0.15, -0.1) is 0 Å². The minimum Gasteiger partial charge on any atom is -0.436 e. The number of rotatable bonds is 2. The zero-order chi connectivity index (χ0) is 14.1. The maximum Gasteiger partial charge on any atom is 0.220 e. The van der Waals surface area contributed by atoms with E-state index in [4.69, 9.17) is 10.2 Å². The fourth-order valence-corrected chi connectivity index (χ4v) is 2.16. The number of fused-ring (bicyclic) bond motifs is 1. The summed E-state index contributed by atoms with van der Waals surface area (Å²) >= 11 is 0. The van der Waals surface area contributed by atoms with Crippen LogP contribution in [-0.4, -0.2) is 4.98 Å². The van der Waals surface area contributed by atoms with Crippen molar-refractivity contribution < 1.29 is 4.42 Å². The highest BCUT2D eigenvalue weighted by Crippen LogP contribution is 2.23. The number of benzene rings is 2. The van der Waals surface area contributed by atoms with Crippen LogP contribution in [0.3, 0.4) is 0 Å². The van der Waals surface area contributed by atoms with Gasteiger partial charge in [0.2, 0.25) is 5.89 Å². The number of nitrogens with zero attached hydrogens (tertiary/aromatic N) is 1. The van der Waals surface area contributed by atoms with Crippen LogP contribution in [0.5, 0.6) is 0 Å². The molecule has 0 radical (unpaired) electrons. The average molecular weight is 264 g/mol. The molecule has 0 saturated carbocycles. The van der Waals surface area contributed by atoms with E-state index in [-0.39, 0.29) is 0 Å². The molecular weight excluding hydrogens is 248 g/mol. The van der Waals surface area contributed by atoms with E-state index in [0.717, 1.165) is 22.2 Å². The van der Waals surface area contributed by atoms with Crippen LogP contribution in [0, 0.1) is 13.8 Å². The maximum atomic E-state index is 5.81. The Kier molecular flexibility index (Phi) is 3.03. The lowest BCUT2D eigenvalue weighted by Crippen LogP contribution is -1.85. The SMILES string of the molecule is Cc1ccc(/C=C/c2nc3cc(N)cc(C)c3o2)cc1. The molecule has 3 heteroatoms. The summed E-state index contributed by atoms with van der Waals surface area (Å²) in [6, 6.07) is 12.0. The van der Waals surface area contributed by atoms with Crippen molar-refractivity contribution in [1.29, 1.82) is 0 Å². The summed E-state index contributed by atoms with van der Waals surface area (Å²) in [7, 11) is 0. The smallest absolute Gasteiger partial charge is 0.220 e. The molecule has 3 rings (SSSR count). The quantitative estimate of drug-likeness (QED) is 0.706. The summed E-state index contributed by atoms with van der Waals surface area (Å²) < 4.78 is 5.75. The molecule has 0 aliphatic heterocycles. The number of hydrogen-bond donors (Lipinski definition) is 1. The predicted octanol–water partition coefficient (Wildman–Crippen LogP) is 4.20. The van der Waals surface area contributed by atoms with Crippen molar-refractivity contribution in [3.8, 4) is 0 Å². The Hall–Kier alpha value is -2.55. The Bertz CT molecular complexity index is 783. The largest absolute Gasteiger partial charge is 0.436 e. The van der Waals surface area contributed by atoms with Crippen molar-refractivity contribution in [2.45, 2.75) is 13.8 Å². The van der Waals surface area contributed by atoms with E-state index in [0.29, 0.717) is 11.6 Å². The van der Waals surface area contributed by atoms with Crippen LogP contribution in [-0.2, 0) is 0 Å². The van der Waals surface area contributed by atoms with Crippen molar-refractivity contribution in [3.05, 3.63) is 59.0 Å². The highest BCUT2D eigenvalue weighted by Gasteiger charge is 2.06. The summed E-state index contributed by atoms with van der Waals surface area (Å²) in [6.45, 7) is 4.04. The molecular formula is C17H16N2O. The second-order valence-electron chi connectivity index (χ2n) is 4.98. The monoisotopic (exact) mass is 264 g/mol. The first-order valence-corrected chi connectivity index (χ1v) is 6.53. The third-order valence-electron chi connectivity index (χ3n) is 3.21. The molecule has 0 fully saturated rings. The predicted molar refractivity (Wildman–Crippen MR) is 83.3 cm³/mol. The molecule has 2 aromatic carbocycles. The molecule has 20 heavy (non-hydrogen) atoms. The number of oxazole rings is 1. The number of aryl methyl sites for hydroxylation is 2. The van der Waals surface area contributed by atoms with Crippen molar-refractivity contribution in [1.82, 2.24) is 4.98 Å². The first-order chi connectivity index (χ1) is 9.61. The lowest BCUT2D eigenvalue weighted by molar-refractivity contribution is 0.587. The van der Waals surface area contributed by atoms with Gasteiger partial charge < -0.3 is 10.2 Å². The van der Waals surface area contributed by atoms with Gasteiger partial charge in [0.05, 0.1) is 0 Å². The van der Waals surface area contributed by atoms with Crippen molar-refractivity contribution >= 4 is 28.9 Å². The standard InChI is InChI=1S/C17H16N2O/c1-11-3-5-13(6-4-11)7-8-16-19-15-10-14(18)9-12(2)17(15)20-16/h3-10H,18H2,1-2H3/b8-7+. The first-order valence-electron chi connectivity index (χ1n) is 6.53. The van der Waals surface area contributed by atoms with Crippen LogP contribution in [0.2, 0.25) is 0 Å². The zero-order valence-corrected chi connectivity index (χ0v) is 11.6. The average Bonchev–Trinajstić information content (AvgIpc) is 2.81. The summed E-state index contributed by atoms with van der Waals surface area (Å²) in [5.41, 5.74) is 11.5. The molecule has 0 atom stereocenters. The second-order valence-corrected chi connectivity index (χ2v) is 4.98. The molecule has 0 spiro atoms. The number of anilines is 1. The minimum absolute atomic E-state index is 0.592. The molecule has 0 aliphatic carbocycles.